The molecule has 0 atom stereocenters. The van der Waals surface area contributed by atoms with Gasteiger partial charge in [0.15, 0.2) is 5.69 Å². The molecule has 3 aromatic rings. The van der Waals surface area contributed by atoms with Crippen LogP contribution in [-0.4, -0.2) is 47.1 Å². The number of carbonyl (C=O) groups is 1. The maximum atomic E-state index is 12.6. The highest BCUT2D eigenvalue weighted by Crippen LogP contribution is 2.29. The summed E-state index contributed by atoms with van der Waals surface area (Å²) >= 11 is 0. The van der Waals surface area contributed by atoms with E-state index in [-0.39, 0.29) is 11.9 Å². The first-order valence-electron chi connectivity index (χ1n) is 9.86. The monoisotopic (exact) mass is 391 g/mol. The first kappa shape index (κ1) is 19.0. The van der Waals surface area contributed by atoms with Gasteiger partial charge in [0.05, 0.1) is 25.5 Å². The minimum atomic E-state index is -0.167. The molecular formula is C22H25N5O2. The summed E-state index contributed by atoms with van der Waals surface area (Å²) in [6.07, 6.45) is 3.45. The molecule has 4 rings (SSSR count). The summed E-state index contributed by atoms with van der Waals surface area (Å²) in [5.41, 5.74) is 2.57. The Bertz CT molecular complexity index is 949. The van der Waals surface area contributed by atoms with Crippen molar-refractivity contribution in [1.82, 2.24) is 20.3 Å². The van der Waals surface area contributed by atoms with Crippen molar-refractivity contribution < 1.29 is 9.53 Å². The molecule has 0 spiro atoms. The summed E-state index contributed by atoms with van der Waals surface area (Å²) in [5.74, 6) is 0.713. The van der Waals surface area contributed by atoms with Gasteiger partial charge >= 0.3 is 0 Å². The first-order valence-corrected chi connectivity index (χ1v) is 9.86. The quantitative estimate of drug-likeness (QED) is 0.700. The zero-order chi connectivity index (χ0) is 20.1. The minimum absolute atomic E-state index is 0.132. The van der Waals surface area contributed by atoms with Gasteiger partial charge in [0.1, 0.15) is 5.75 Å². The molecule has 29 heavy (non-hydrogen) atoms. The van der Waals surface area contributed by atoms with Gasteiger partial charge < -0.3 is 15.0 Å². The summed E-state index contributed by atoms with van der Waals surface area (Å²) in [6.45, 7) is 2.33. The highest BCUT2D eigenvalue weighted by molar-refractivity contribution is 5.92. The van der Waals surface area contributed by atoms with Crippen LogP contribution in [0.5, 0.6) is 5.75 Å². The molecule has 1 aliphatic heterocycles. The van der Waals surface area contributed by atoms with Crippen molar-refractivity contribution in [1.29, 1.82) is 0 Å². The Balaban J connectivity index is 1.31. The van der Waals surface area contributed by atoms with Crippen molar-refractivity contribution in [2.45, 2.75) is 25.4 Å². The Morgan fingerprint density at radius 3 is 2.59 bits per heavy atom. The average Bonchev–Trinajstić information content (AvgIpc) is 3.24. The number of hydrogen-bond donors (Lipinski definition) is 1. The van der Waals surface area contributed by atoms with Gasteiger partial charge in [-0.15, -0.1) is 5.10 Å². The van der Waals surface area contributed by atoms with E-state index in [1.807, 2.05) is 48.5 Å². The Morgan fingerprint density at radius 1 is 1.10 bits per heavy atom. The molecule has 1 fully saturated rings. The number of rotatable bonds is 6. The Morgan fingerprint density at radius 2 is 1.83 bits per heavy atom. The number of carbonyl (C=O) groups excluding carboxylic acids is 1. The molecular weight excluding hydrogens is 366 g/mol. The van der Waals surface area contributed by atoms with E-state index in [4.69, 9.17) is 4.74 Å². The number of nitrogens with zero attached hydrogens (tertiary/aromatic N) is 4. The number of amides is 1. The van der Waals surface area contributed by atoms with Crippen molar-refractivity contribution in [3.8, 4) is 5.75 Å². The zero-order valence-electron chi connectivity index (χ0n) is 16.5. The second-order valence-corrected chi connectivity index (χ2v) is 7.19. The zero-order valence-corrected chi connectivity index (χ0v) is 16.5. The molecule has 150 valence electrons. The highest BCUT2D eigenvalue weighted by Gasteiger charge is 2.23. The first-order chi connectivity index (χ1) is 14.2. The van der Waals surface area contributed by atoms with Gasteiger partial charge in [-0.2, -0.15) is 0 Å². The number of nitrogens with one attached hydrogen (secondary N) is 1. The van der Waals surface area contributed by atoms with Gasteiger partial charge in [0, 0.05) is 19.1 Å². The summed E-state index contributed by atoms with van der Waals surface area (Å²) in [6, 6.07) is 18.2. The van der Waals surface area contributed by atoms with Crippen LogP contribution in [0.25, 0.3) is 0 Å². The number of piperidine rings is 1. The predicted octanol–water partition coefficient (Wildman–Crippen LogP) is 2.73. The van der Waals surface area contributed by atoms with Crippen LogP contribution in [-0.2, 0) is 6.54 Å². The summed E-state index contributed by atoms with van der Waals surface area (Å²) < 4.78 is 7.15. The lowest BCUT2D eigenvalue weighted by Crippen LogP contribution is -2.44. The third-order valence-corrected chi connectivity index (χ3v) is 5.21. The van der Waals surface area contributed by atoms with E-state index in [1.165, 1.54) is 0 Å². The molecule has 2 aromatic carbocycles. The molecule has 1 aromatic heterocycles. The van der Waals surface area contributed by atoms with E-state index in [9.17, 15) is 4.79 Å². The smallest absolute Gasteiger partial charge is 0.273 e. The molecule has 0 unspecified atom stereocenters. The lowest BCUT2D eigenvalue weighted by molar-refractivity contribution is 0.0926. The largest absolute Gasteiger partial charge is 0.495 e. The molecule has 0 bridgehead atoms. The van der Waals surface area contributed by atoms with Crippen LogP contribution in [0.4, 0.5) is 5.69 Å². The maximum absolute atomic E-state index is 12.6. The fourth-order valence-electron chi connectivity index (χ4n) is 3.67. The van der Waals surface area contributed by atoms with Gasteiger partial charge in [-0.05, 0) is 30.5 Å². The topological polar surface area (TPSA) is 72.3 Å². The molecule has 0 saturated carbocycles. The standard InChI is InChI=1S/C22H25N5O2/c1-29-21-10-6-5-9-20(21)26-13-11-18(12-14-26)23-22(28)19-16-27(25-24-19)15-17-7-3-2-4-8-17/h2-10,16,18H,11-15H2,1H3,(H,23,28). The van der Waals surface area contributed by atoms with E-state index in [2.05, 4.69) is 26.6 Å². The molecule has 1 saturated heterocycles. The third kappa shape index (κ3) is 4.56. The number of para-hydroxylation sites is 2. The van der Waals surface area contributed by atoms with Gasteiger partial charge in [0.25, 0.3) is 5.91 Å². The number of benzene rings is 2. The van der Waals surface area contributed by atoms with Crippen LogP contribution in [0.1, 0.15) is 28.9 Å². The summed E-state index contributed by atoms with van der Waals surface area (Å²) in [5, 5.41) is 11.2. The number of ether oxygens (including phenoxy) is 1. The second kappa shape index (κ2) is 8.77. The molecule has 7 heteroatoms. The van der Waals surface area contributed by atoms with Crippen molar-refractivity contribution in [3.05, 3.63) is 72.1 Å². The number of methoxy groups -OCH3 is 1. The number of anilines is 1. The van der Waals surface area contributed by atoms with Gasteiger partial charge in [-0.1, -0.05) is 47.7 Å². The van der Waals surface area contributed by atoms with E-state index in [0.717, 1.165) is 42.9 Å². The normalized spacial score (nSPS) is 14.6. The van der Waals surface area contributed by atoms with Crippen molar-refractivity contribution in [2.75, 3.05) is 25.1 Å². The van der Waals surface area contributed by atoms with E-state index >= 15 is 0 Å². The fraction of sp³-hybridized carbons (Fsp3) is 0.318. The van der Waals surface area contributed by atoms with Crippen LogP contribution in [0, 0.1) is 0 Å². The lowest BCUT2D eigenvalue weighted by Gasteiger charge is -2.34. The Labute approximate surface area is 170 Å². The molecule has 1 N–H and O–H groups in total. The molecule has 7 nitrogen and oxygen atoms in total. The number of aromatic nitrogens is 3. The molecule has 2 heterocycles. The lowest BCUT2D eigenvalue weighted by atomic mass is 10.0. The van der Waals surface area contributed by atoms with Crippen LogP contribution in [0.3, 0.4) is 0 Å². The maximum Gasteiger partial charge on any atom is 0.273 e. The fourth-order valence-corrected chi connectivity index (χ4v) is 3.67. The number of hydrogen-bond acceptors (Lipinski definition) is 5. The van der Waals surface area contributed by atoms with Crippen molar-refractivity contribution >= 4 is 11.6 Å². The average molecular weight is 391 g/mol. The Hall–Kier alpha value is -3.35. The van der Waals surface area contributed by atoms with E-state index in [1.54, 1.807) is 18.0 Å². The van der Waals surface area contributed by atoms with Crippen LogP contribution < -0.4 is 15.0 Å². The predicted molar refractivity (Wildman–Crippen MR) is 111 cm³/mol. The van der Waals surface area contributed by atoms with Crippen molar-refractivity contribution in [3.63, 3.8) is 0 Å². The summed E-state index contributed by atoms with van der Waals surface area (Å²) in [7, 11) is 1.69. The molecule has 1 amide bonds. The van der Waals surface area contributed by atoms with Crippen molar-refractivity contribution in [2.24, 2.45) is 0 Å². The SMILES string of the molecule is COc1ccccc1N1CCC(NC(=O)c2cn(Cc3ccccc3)nn2)CC1. The highest BCUT2D eigenvalue weighted by atomic mass is 16.5. The van der Waals surface area contributed by atoms with Gasteiger partial charge in [0.2, 0.25) is 0 Å². The molecule has 0 radical (unpaired) electrons. The summed E-state index contributed by atoms with van der Waals surface area (Å²) in [4.78, 5) is 14.9. The Kier molecular flexibility index (Phi) is 5.74. The van der Waals surface area contributed by atoms with Crippen LogP contribution in [0.15, 0.2) is 60.8 Å². The molecule has 1 aliphatic rings. The van der Waals surface area contributed by atoms with Crippen LogP contribution in [0.2, 0.25) is 0 Å². The van der Waals surface area contributed by atoms with Gasteiger partial charge in [-0.3, -0.25) is 4.79 Å². The minimum Gasteiger partial charge on any atom is -0.495 e. The van der Waals surface area contributed by atoms with E-state index in [0.29, 0.717) is 12.2 Å². The third-order valence-electron chi connectivity index (χ3n) is 5.21. The molecule has 0 aliphatic carbocycles. The van der Waals surface area contributed by atoms with E-state index < -0.39 is 0 Å². The van der Waals surface area contributed by atoms with Gasteiger partial charge in [-0.25, -0.2) is 4.68 Å². The second-order valence-electron chi connectivity index (χ2n) is 7.19. The van der Waals surface area contributed by atoms with Crippen LogP contribution >= 0.6 is 0 Å².